The van der Waals surface area contributed by atoms with Gasteiger partial charge in [-0.3, -0.25) is 9.59 Å². The van der Waals surface area contributed by atoms with Crippen LogP contribution in [0.1, 0.15) is 29.6 Å². The van der Waals surface area contributed by atoms with E-state index in [4.69, 9.17) is 30.2 Å². The quantitative estimate of drug-likeness (QED) is 0.756. The van der Waals surface area contributed by atoms with Crippen LogP contribution < -0.4 is 9.47 Å². The fraction of sp³-hybridized carbons (Fsp3) is 0.400. The first-order valence-electron chi connectivity index (χ1n) is 9.26. The summed E-state index contributed by atoms with van der Waals surface area (Å²) in [6.07, 6.45) is 1.38. The Morgan fingerprint density at radius 2 is 2.13 bits per heavy atom. The van der Waals surface area contributed by atoms with E-state index >= 15 is 0 Å². The van der Waals surface area contributed by atoms with Crippen molar-refractivity contribution < 1.29 is 33.3 Å². The zero-order valence-electron chi connectivity index (χ0n) is 16.5. The number of methoxy groups -OCH3 is 1. The maximum atomic E-state index is 13.6. The Bertz CT molecular complexity index is 1080. The zero-order chi connectivity index (χ0) is 21.6. The highest BCUT2D eigenvalue weighted by Gasteiger charge is 2.60. The standard InChI is InChI=1S/C20H19ClN2O7/c1-9-6-11(25)7-14(27-3)20(9)18(26)15-13(28-5-4-24)8-12(16(21)17(15)30-20)19-23-22-10(2)29-19/h7-9,24H,4-6H2,1-3H3/t9-,20+/m1/s1. The lowest BCUT2D eigenvalue weighted by atomic mass is 9.75. The molecule has 0 bridgehead atoms. The van der Waals surface area contributed by atoms with E-state index in [0.29, 0.717) is 11.5 Å². The van der Waals surface area contributed by atoms with Gasteiger partial charge < -0.3 is 23.7 Å². The third-order valence-corrected chi connectivity index (χ3v) is 5.57. The number of hydrogen-bond donors (Lipinski definition) is 1. The summed E-state index contributed by atoms with van der Waals surface area (Å²) < 4.78 is 22.7. The molecule has 1 aromatic carbocycles. The molecule has 158 valence electrons. The first-order valence-corrected chi connectivity index (χ1v) is 9.64. The second-order valence-electron chi connectivity index (χ2n) is 7.09. The third-order valence-electron chi connectivity index (χ3n) is 5.20. The van der Waals surface area contributed by atoms with Crippen molar-refractivity contribution in [2.45, 2.75) is 25.9 Å². The van der Waals surface area contributed by atoms with Crippen molar-refractivity contribution in [2.24, 2.45) is 5.92 Å². The van der Waals surface area contributed by atoms with E-state index in [1.165, 1.54) is 19.3 Å². The number of aryl methyl sites for hydroxylation is 1. The molecule has 0 radical (unpaired) electrons. The summed E-state index contributed by atoms with van der Waals surface area (Å²) in [4.78, 5) is 25.7. The fourth-order valence-electron chi connectivity index (χ4n) is 3.84. The summed E-state index contributed by atoms with van der Waals surface area (Å²) in [7, 11) is 1.37. The highest BCUT2D eigenvalue weighted by Crippen LogP contribution is 2.54. The number of aromatic nitrogens is 2. The van der Waals surface area contributed by atoms with Crippen LogP contribution >= 0.6 is 11.6 Å². The average molecular weight is 435 g/mol. The molecule has 0 saturated carbocycles. The summed E-state index contributed by atoms with van der Waals surface area (Å²) in [5.74, 6) is -0.330. The highest BCUT2D eigenvalue weighted by molar-refractivity contribution is 6.36. The lowest BCUT2D eigenvalue weighted by Crippen LogP contribution is -2.51. The number of ketones is 2. The predicted molar refractivity (Wildman–Crippen MR) is 104 cm³/mol. The SMILES string of the molecule is COC1=CC(=O)C[C@@H](C)[C@]12Oc1c(Cl)c(-c3nnc(C)o3)cc(OCCO)c1C2=O. The number of ether oxygens (including phenoxy) is 3. The predicted octanol–water partition coefficient (Wildman–Crippen LogP) is 2.52. The van der Waals surface area contributed by atoms with E-state index in [2.05, 4.69) is 10.2 Å². The molecule has 0 fully saturated rings. The highest BCUT2D eigenvalue weighted by atomic mass is 35.5. The summed E-state index contributed by atoms with van der Waals surface area (Å²) in [6, 6.07) is 1.50. The first-order chi connectivity index (χ1) is 14.3. The molecule has 1 aliphatic heterocycles. The number of Topliss-reactive ketones (excluding diaryl/α,β-unsaturated/α-hetero) is 1. The minimum Gasteiger partial charge on any atom is -0.496 e. The molecule has 1 aliphatic carbocycles. The molecule has 4 rings (SSSR count). The molecule has 0 unspecified atom stereocenters. The molecule has 10 heteroatoms. The van der Waals surface area contributed by atoms with Crippen molar-refractivity contribution in [3.05, 3.63) is 34.4 Å². The van der Waals surface area contributed by atoms with Crippen LogP contribution in [0.3, 0.4) is 0 Å². The molecular formula is C20H19ClN2O7. The van der Waals surface area contributed by atoms with Crippen LogP contribution in [0.25, 0.3) is 11.5 Å². The van der Waals surface area contributed by atoms with E-state index in [9.17, 15) is 14.7 Å². The molecule has 2 aromatic rings. The van der Waals surface area contributed by atoms with E-state index in [-0.39, 0.29) is 59.2 Å². The summed E-state index contributed by atoms with van der Waals surface area (Å²) in [5, 5.41) is 17.1. The van der Waals surface area contributed by atoms with Gasteiger partial charge in [-0.15, -0.1) is 10.2 Å². The number of hydrogen-bond acceptors (Lipinski definition) is 9. The largest absolute Gasteiger partial charge is 0.496 e. The van der Waals surface area contributed by atoms with E-state index in [1.807, 2.05) is 0 Å². The Morgan fingerprint density at radius 1 is 1.37 bits per heavy atom. The average Bonchev–Trinajstić information content (AvgIpc) is 3.27. The van der Waals surface area contributed by atoms with Gasteiger partial charge in [0.15, 0.2) is 17.3 Å². The molecule has 1 spiro atoms. The lowest BCUT2D eigenvalue weighted by Gasteiger charge is -2.36. The number of aliphatic hydroxyl groups is 1. The van der Waals surface area contributed by atoms with Crippen LogP contribution in [0.2, 0.25) is 5.02 Å². The number of rotatable bonds is 5. The van der Waals surface area contributed by atoms with Crippen molar-refractivity contribution in [3.8, 4) is 23.0 Å². The molecule has 1 N–H and O–H groups in total. The van der Waals surface area contributed by atoms with Gasteiger partial charge in [-0.05, 0) is 6.07 Å². The molecule has 0 saturated heterocycles. The lowest BCUT2D eigenvalue weighted by molar-refractivity contribution is -0.118. The van der Waals surface area contributed by atoms with Gasteiger partial charge in [-0.1, -0.05) is 18.5 Å². The summed E-state index contributed by atoms with van der Waals surface area (Å²) >= 11 is 6.60. The number of allylic oxidation sites excluding steroid dienone is 1. The van der Waals surface area contributed by atoms with Crippen molar-refractivity contribution in [3.63, 3.8) is 0 Å². The third kappa shape index (κ3) is 2.88. The number of carbonyl (C=O) groups excluding carboxylic acids is 2. The van der Waals surface area contributed by atoms with E-state index in [0.717, 1.165) is 0 Å². The number of benzene rings is 1. The maximum absolute atomic E-state index is 13.6. The molecule has 2 aliphatic rings. The number of nitrogens with zero attached hydrogens (tertiary/aromatic N) is 2. The van der Waals surface area contributed by atoms with Gasteiger partial charge in [-0.2, -0.15) is 0 Å². The van der Waals surface area contributed by atoms with Crippen molar-refractivity contribution in [1.29, 1.82) is 0 Å². The second-order valence-corrected chi connectivity index (χ2v) is 7.47. The van der Waals surface area contributed by atoms with Gasteiger partial charge in [0.2, 0.25) is 23.2 Å². The molecule has 2 atom stereocenters. The molecule has 9 nitrogen and oxygen atoms in total. The molecular weight excluding hydrogens is 416 g/mol. The van der Waals surface area contributed by atoms with Crippen molar-refractivity contribution in [1.82, 2.24) is 10.2 Å². The number of halogens is 1. The second kappa shape index (κ2) is 7.41. The van der Waals surface area contributed by atoms with Crippen LogP contribution in [0.15, 0.2) is 22.3 Å². The monoisotopic (exact) mass is 434 g/mol. The van der Waals surface area contributed by atoms with Crippen LogP contribution in [0.5, 0.6) is 11.5 Å². The fourth-order valence-corrected chi connectivity index (χ4v) is 4.11. The number of carbonyl (C=O) groups is 2. The molecule has 2 heterocycles. The van der Waals surface area contributed by atoms with Crippen LogP contribution in [-0.2, 0) is 9.53 Å². The van der Waals surface area contributed by atoms with E-state index in [1.54, 1.807) is 13.8 Å². The summed E-state index contributed by atoms with van der Waals surface area (Å²) in [6.45, 7) is 3.04. The zero-order valence-corrected chi connectivity index (χ0v) is 17.3. The van der Waals surface area contributed by atoms with Gasteiger partial charge in [0.1, 0.15) is 17.9 Å². The molecule has 0 amide bonds. The topological polar surface area (TPSA) is 121 Å². The van der Waals surface area contributed by atoms with Gasteiger partial charge in [0, 0.05) is 25.3 Å². The Morgan fingerprint density at radius 3 is 2.77 bits per heavy atom. The Labute approximate surface area is 176 Å². The molecule has 1 aromatic heterocycles. The van der Waals surface area contributed by atoms with Crippen LogP contribution in [-0.4, -0.2) is 52.8 Å². The minimum absolute atomic E-state index is 0.0579. The molecule has 30 heavy (non-hydrogen) atoms. The van der Waals surface area contributed by atoms with Crippen LogP contribution in [0, 0.1) is 12.8 Å². The number of aliphatic hydroxyl groups excluding tert-OH is 1. The van der Waals surface area contributed by atoms with Gasteiger partial charge >= 0.3 is 0 Å². The van der Waals surface area contributed by atoms with Crippen LogP contribution in [0.4, 0.5) is 0 Å². The van der Waals surface area contributed by atoms with Crippen molar-refractivity contribution >= 4 is 23.2 Å². The van der Waals surface area contributed by atoms with Gasteiger partial charge in [-0.25, -0.2) is 0 Å². The van der Waals surface area contributed by atoms with Crippen molar-refractivity contribution in [2.75, 3.05) is 20.3 Å². The van der Waals surface area contributed by atoms with Gasteiger partial charge in [0.25, 0.3) is 0 Å². The number of fused-ring (bicyclic) bond motifs is 1. The van der Waals surface area contributed by atoms with E-state index < -0.39 is 17.3 Å². The smallest absolute Gasteiger partial charge is 0.249 e. The Kier molecular flexibility index (Phi) is 5.03. The summed E-state index contributed by atoms with van der Waals surface area (Å²) in [5.41, 5.74) is -1.12. The Hall–Kier alpha value is -2.91. The Balaban J connectivity index is 1.93. The minimum atomic E-state index is -1.55. The first kappa shape index (κ1) is 20.4. The van der Waals surface area contributed by atoms with Gasteiger partial charge in [0.05, 0.1) is 24.3 Å². The maximum Gasteiger partial charge on any atom is 0.249 e. The normalized spacial score (nSPS) is 22.7.